The molecular weight excluding hydrogens is 386 g/mol. The number of amides is 1. The highest BCUT2D eigenvalue weighted by molar-refractivity contribution is 6.00. The molecule has 1 unspecified atom stereocenters. The van der Waals surface area contributed by atoms with Crippen molar-refractivity contribution in [2.24, 2.45) is 0 Å². The summed E-state index contributed by atoms with van der Waals surface area (Å²) in [7, 11) is 0. The average molecular weight is 416 g/mol. The van der Waals surface area contributed by atoms with Gasteiger partial charge in [-0.15, -0.1) is 0 Å². The molecule has 31 heavy (non-hydrogen) atoms. The van der Waals surface area contributed by atoms with Gasteiger partial charge in [-0.25, -0.2) is 0 Å². The number of hydrogen-bond acceptors (Lipinski definition) is 3. The number of fused-ring (bicyclic) bond motifs is 1. The minimum absolute atomic E-state index is 0.0684. The average Bonchev–Trinajstić information content (AvgIpc) is 3.53. The lowest BCUT2D eigenvalue weighted by Gasteiger charge is -2.32. The molecule has 0 spiro atoms. The van der Waals surface area contributed by atoms with Crippen molar-refractivity contribution in [1.29, 1.82) is 0 Å². The molecule has 3 aromatic rings. The molecule has 0 radical (unpaired) electrons. The van der Waals surface area contributed by atoms with E-state index >= 15 is 0 Å². The molecule has 1 fully saturated rings. The summed E-state index contributed by atoms with van der Waals surface area (Å²) in [6.45, 7) is 2.87. The first kappa shape index (κ1) is 19.9. The summed E-state index contributed by atoms with van der Waals surface area (Å²) in [6.07, 6.45) is 6.62. The van der Waals surface area contributed by atoms with Gasteiger partial charge in [-0.05, 0) is 37.0 Å². The fourth-order valence-electron chi connectivity index (χ4n) is 4.98. The monoisotopic (exact) mass is 415 g/mol. The minimum Gasteiger partial charge on any atom is -0.494 e. The molecule has 5 rings (SSSR count). The van der Waals surface area contributed by atoms with E-state index < -0.39 is 0 Å². The first-order valence-electron chi connectivity index (χ1n) is 11.5. The fourth-order valence-corrected chi connectivity index (χ4v) is 4.98. The summed E-state index contributed by atoms with van der Waals surface area (Å²) in [5, 5.41) is 7.65. The Kier molecular flexibility index (Phi) is 5.49. The van der Waals surface area contributed by atoms with E-state index in [1.165, 1.54) is 12.8 Å². The Morgan fingerprint density at radius 1 is 1.10 bits per heavy atom. The van der Waals surface area contributed by atoms with E-state index in [0.717, 1.165) is 53.8 Å². The van der Waals surface area contributed by atoms with Gasteiger partial charge in [0.25, 0.3) is 5.91 Å². The maximum absolute atomic E-state index is 13.5. The summed E-state index contributed by atoms with van der Waals surface area (Å²) in [6, 6.07) is 18.5. The maximum atomic E-state index is 13.5. The highest BCUT2D eigenvalue weighted by Gasteiger charge is 2.45. The molecule has 1 N–H and O–H groups in total. The van der Waals surface area contributed by atoms with Gasteiger partial charge in [0.05, 0.1) is 18.3 Å². The predicted molar refractivity (Wildman–Crippen MR) is 121 cm³/mol. The van der Waals surface area contributed by atoms with Gasteiger partial charge in [0.2, 0.25) is 0 Å². The largest absolute Gasteiger partial charge is 0.494 e. The Morgan fingerprint density at radius 2 is 1.90 bits per heavy atom. The van der Waals surface area contributed by atoms with Crippen molar-refractivity contribution in [2.75, 3.05) is 6.61 Å². The second-order valence-corrected chi connectivity index (χ2v) is 8.55. The lowest BCUT2D eigenvalue weighted by molar-refractivity contribution is 0.0660. The highest BCUT2D eigenvalue weighted by Crippen LogP contribution is 2.46. The molecule has 1 aliphatic heterocycles. The molecule has 0 saturated heterocycles. The van der Waals surface area contributed by atoms with Gasteiger partial charge in [-0.2, -0.15) is 5.10 Å². The van der Waals surface area contributed by atoms with Gasteiger partial charge in [0.15, 0.2) is 0 Å². The van der Waals surface area contributed by atoms with Gasteiger partial charge in [0, 0.05) is 17.2 Å². The number of nitrogens with one attached hydrogen (secondary N) is 1. The van der Waals surface area contributed by atoms with E-state index in [2.05, 4.69) is 46.3 Å². The van der Waals surface area contributed by atoms with Crippen LogP contribution in [0.5, 0.6) is 5.75 Å². The molecule has 1 saturated carbocycles. The van der Waals surface area contributed by atoms with E-state index in [4.69, 9.17) is 4.74 Å². The number of unbranched alkanes of at least 4 members (excludes halogenated alkanes) is 1. The second-order valence-electron chi connectivity index (χ2n) is 8.55. The van der Waals surface area contributed by atoms with Crippen LogP contribution < -0.4 is 4.74 Å². The van der Waals surface area contributed by atoms with Crippen molar-refractivity contribution in [3.8, 4) is 17.0 Å². The van der Waals surface area contributed by atoms with E-state index in [9.17, 15) is 4.79 Å². The summed E-state index contributed by atoms with van der Waals surface area (Å²) in [5.41, 5.74) is 4.61. The number of benzene rings is 2. The Balaban J connectivity index is 1.59. The van der Waals surface area contributed by atoms with Crippen LogP contribution in [-0.4, -0.2) is 33.7 Å². The topological polar surface area (TPSA) is 58.2 Å². The molecule has 0 bridgehead atoms. The molecule has 5 heteroatoms. The number of H-pyrrole nitrogens is 1. The van der Waals surface area contributed by atoms with Crippen molar-refractivity contribution in [1.82, 2.24) is 15.1 Å². The molecule has 1 aromatic heterocycles. The lowest BCUT2D eigenvalue weighted by Crippen LogP contribution is -2.37. The smallest absolute Gasteiger partial charge is 0.273 e. The second kappa shape index (κ2) is 8.58. The summed E-state index contributed by atoms with van der Waals surface area (Å²) in [5.74, 6) is 0.932. The zero-order chi connectivity index (χ0) is 21.2. The van der Waals surface area contributed by atoms with Gasteiger partial charge in [-0.1, -0.05) is 68.7 Å². The molecular formula is C26H29N3O2. The van der Waals surface area contributed by atoms with Gasteiger partial charge in [-0.3, -0.25) is 9.89 Å². The third-order valence-corrected chi connectivity index (χ3v) is 6.51. The summed E-state index contributed by atoms with van der Waals surface area (Å²) >= 11 is 0. The van der Waals surface area contributed by atoms with Crippen LogP contribution in [0, 0.1) is 0 Å². The van der Waals surface area contributed by atoms with Crippen molar-refractivity contribution < 1.29 is 9.53 Å². The number of ether oxygens (including phenoxy) is 1. The lowest BCUT2D eigenvalue weighted by atomic mass is 9.95. The molecule has 2 heterocycles. The number of aromatic nitrogens is 2. The third-order valence-electron chi connectivity index (χ3n) is 6.51. The first-order chi connectivity index (χ1) is 15.3. The number of hydrogen-bond donors (Lipinski definition) is 1. The van der Waals surface area contributed by atoms with Crippen LogP contribution in [0.2, 0.25) is 0 Å². The summed E-state index contributed by atoms with van der Waals surface area (Å²) < 4.78 is 5.99. The zero-order valence-corrected chi connectivity index (χ0v) is 18.0. The van der Waals surface area contributed by atoms with Crippen molar-refractivity contribution in [3.63, 3.8) is 0 Å². The van der Waals surface area contributed by atoms with Crippen LogP contribution in [0.25, 0.3) is 11.3 Å². The Labute approximate surface area is 183 Å². The fraction of sp³-hybridized carbons (Fsp3) is 0.385. The van der Waals surface area contributed by atoms with Crippen molar-refractivity contribution in [2.45, 2.75) is 57.5 Å². The van der Waals surface area contributed by atoms with E-state index in [1.807, 2.05) is 30.3 Å². The minimum atomic E-state index is -0.144. The van der Waals surface area contributed by atoms with Crippen LogP contribution in [0.4, 0.5) is 0 Å². The number of aromatic amines is 1. The van der Waals surface area contributed by atoms with Gasteiger partial charge < -0.3 is 9.64 Å². The molecule has 1 atom stereocenters. The standard InChI is InChI=1S/C26H29N3O2/c1-2-3-16-31-21-15-9-12-19(17-21)25-22-23(18-10-5-4-6-11-18)27-28-24(22)26(30)29(25)20-13-7-8-14-20/h4-6,9-12,15,17,20,25H,2-3,7-8,13-14,16H2,1H3,(H,27,28). The Hall–Kier alpha value is -3.08. The van der Waals surface area contributed by atoms with Crippen LogP contribution in [0.3, 0.4) is 0 Å². The predicted octanol–water partition coefficient (Wildman–Crippen LogP) is 5.74. The highest BCUT2D eigenvalue weighted by atomic mass is 16.5. The normalized spacial score (nSPS) is 18.5. The van der Waals surface area contributed by atoms with E-state index in [-0.39, 0.29) is 18.0 Å². The molecule has 2 aromatic carbocycles. The van der Waals surface area contributed by atoms with E-state index in [0.29, 0.717) is 12.3 Å². The summed E-state index contributed by atoms with van der Waals surface area (Å²) in [4.78, 5) is 15.6. The quantitative estimate of drug-likeness (QED) is 0.500. The number of rotatable bonds is 7. The number of nitrogens with zero attached hydrogens (tertiary/aromatic N) is 2. The van der Waals surface area contributed by atoms with Crippen molar-refractivity contribution in [3.05, 3.63) is 71.4 Å². The number of carbonyl (C=O) groups is 1. The zero-order valence-electron chi connectivity index (χ0n) is 18.0. The van der Waals surface area contributed by atoms with Gasteiger partial charge in [0.1, 0.15) is 11.4 Å². The molecule has 5 nitrogen and oxygen atoms in total. The maximum Gasteiger partial charge on any atom is 0.273 e. The molecule has 2 aliphatic rings. The SMILES string of the molecule is CCCCOc1cccc(C2c3c(-c4ccccc4)n[nH]c3C(=O)N2C2CCCC2)c1. The molecule has 1 aliphatic carbocycles. The third kappa shape index (κ3) is 3.62. The molecule has 1 amide bonds. The van der Waals surface area contributed by atoms with Gasteiger partial charge >= 0.3 is 0 Å². The van der Waals surface area contributed by atoms with E-state index in [1.54, 1.807) is 0 Å². The van der Waals surface area contributed by atoms with Crippen LogP contribution in [0.15, 0.2) is 54.6 Å². The Bertz CT molecular complexity index is 1050. The van der Waals surface area contributed by atoms with Crippen molar-refractivity contribution >= 4 is 5.91 Å². The van der Waals surface area contributed by atoms with Crippen LogP contribution in [-0.2, 0) is 0 Å². The number of carbonyl (C=O) groups excluding carboxylic acids is 1. The van der Waals surface area contributed by atoms with Crippen LogP contribution in [0.1, 0.15) is 73.1 Å². The Morgan fingerprint density at radius 3 is 2.68 bits per heavy atom. The van der Waals surface area contributed by atoms with Crippen LogP contribution >= 0.6 is 0 Å². The molecule has 160 valence electrons. The first-order valence-corrected chi connectivity index (χ1v) is 11.5.